The molecule has 6 aromatic rings. The zero-order valence-electron chi connectivity index (χ0n) is 29.5. The molecule has 1 radical (unpaired) electrons. The van der Waals surface area contributed by atoms with E-state index < -0.39 is 0 Å². The Bertz CT molecular complexity index is 1610. The molecule has 2 atom stereocenters. The zero-order chi connectivity index (χ0) is 35.9. The number of hydrogen-bond donors (Lipinski definition) is 0. The predicted molar refractivity (Wildman–Crippen MR) is 265 cm³/mol. The van der Waals surface area contributed by atoms with Crippen LogP contribution in [-0.2, 0) is 32.7 Å². The molecule has 3 nitrogen and oxygen atoms in total. The van der Waals surface area contributed by atoms with Crippen molar-refractivity contribution in [2.24, 2.45) is 0 Å². The summed E-state index contributed by atoms with van der Waals surface area (Å²) in [5.74, 6) is 1.68. The predicted octanol–water partition coefficient (Wildman–Crippen LogP) is 11.6. The van der Waals surface area contributed by atoms with Crippen molar-refractivity contribution in [2.75, 3.05) is 41.3 Å². The minimum absolute atomic E-state index is 0. The molecule has 0 saturated carbocycles. The van der Waals surface area contributed by atoms with E-state index in [0.29, 0.717) is 19.2 Å². The van der Waals surface area contributed by atoms with Gasteiger partial charge in [0.2, 0.25) is 0 Å². The van der Waals surface area contributed by atoms with E-state index in [0.717, 1.165) is 18.7 Å². The third-order valence-corrected chi connectivity index (χ3v) is 9.40. The van der Waals surface area contributed by atoms with Crippen LogP contribution in [0.3, 0.4) is 0 Å². The molecule has 0 bridgehead atoms. The second-order valence-electron chi connectivity index (χ2n) is 11.5. The monoisotopic (exact) mass is 1470 g/mol. The molecule has 0 amide bonds. The molecule has 0 aliphatic rings. The van der Waals surface area contributed by atoms with E-state index in [9.17, 15) is 0 Å². The molecule has 12 heteroatoms. The number of benzene rings is 4. The van der Waals surface area contributed by atoms with Gasteiger partial charge >= 0.3 is 50.5 Å². The average Bonchev–Trinajstić information content (AvgIpc) is 3.87. The van der Waals surface area contributed by atoms with E-state index in [4.69, 9.17) is 4.74 Å². The molecule has 2 unspecified atom stereocenters. The first-order valence-corrected chi connectivity index (χ1v) is 36.3. The molecular formula is C39H46I6N2OS2Y-2. The summed E-state index contributed by atoms with van der Waals surface area (Å²) in [6.45, 7) is 4.49. The Hall–Kier alpha value is 2.00. The summed E-state index contributed by atoms with van der Waals surface area (Å²) >= 11 is 13.2. The maximum absolute atomic E-state index is 6.41. The van der Waals surface area contributed by atoms with E-state index >= 15 is 0 Å². The summed E-state index contributed by atoms with van der Waals surface area (Å²) in [4.78, 5) is 7.24. The summed E-state index contributed by atoms with van der Waals surface area (Å²) in [5.41, 5.74) is 0. The smallest absolute Gasteiger partial charge is 0 e. The number of rotatable bonds is 10. The zero-order valence-corrected chi connectivity index (χ0v) is 47.1. The van der Waals surface area contributed by atoms with Gasteiger partial charge in [-0.15, -0.1) is 93.8 Å². The van der Waals surface area contributed by atoms with E-state index in [2.05, 4.69) is 221 Å². The fourth-order valence-corrected chi connectivity index (χ4v) is 6.40. The Morgan fingerprint density at radius 3 is 1.80 bits per heavy atom. The third-order valence-electron chi connectivity index (χ3n) is 7.33. The average molecular weight is 1470 g/mol. The van der Waals surface area contributed by atoms with Gasteiger partial charge in [-0.25, -0.2) is 0 Å². The van der Waals surface area contributed by atoms with E-state index in [1.807, 2.05) is 35.6 Å². The summed E-state index contributed by atoms with van der Waals surface area (Å²) in [5, 5.41) is 9.11. The van der Waals surface area contributed by atoms with Gasteiger partial charge < -0.3 is 14.5 Å². The minimum Gasteiger partial charge on any atom is -0.147 e. The number of thiophene rings is 2. The van der Waals surface area contributed by atoms with Crippen molar-refractivity contribution >= 4 is 143 Å². The van der Waals surface area contributed by atoms with Crippen molar-refractivity contribution in [1.29, 1.82) is 0 Å². The van der Waals surface area contributed by atoms with Gasteiger partial charge in [0.15, 0.2) is 0 Å². The van der Waals surface area contributed by atoms with Gasteiger partial charge in [0.05, 0.1) is 0 Å². The van der Waals surface area contributed by atoms with Gasteiger partial charge in [0.1, 0.15) is 11.9 Å². The number of nitrogens with zero attached hydrogens (tertiary/aromatic N) is 2. The van der Waals surface area contributed by atoms with Gasteiger partial charge in [-0.3, -0.25) is 0 Å². The molecule has 0 N–H and O–H groups in total. The van der Waals surface area contributed by atoms with Crippen molar-refractivity contribution in [3.63, 3.8) is 0 Å². The van der Waals surface area contributed by atoms with Crippen LogP contribution < -0.4 is 18.0 Å². The van der Waals surface area contributed by atoms with Crippen LogP contribution in [0.2, 0.25) is 0 Å². The van der Waals surface area contributed by atoms with Crippen LogP contribution in [0.4, 0.5) is 0 Å². The van der Waals surface area contributed by atoms with Crippen molar-refractivity contribution in [2.45, 2.75) is 31.8 Å². The Labute approximate surface area is 410 Å². The van der Waals surface area contributed by atoms with Crippen molar-refractivity contribution < 1.29 is 50.7 Å². The molecule has 0 fully saturated rings. The molecule has 277 valence electrons. The van der Waals surface area contributed by atoms with Crippen molar-refractivity contribution in [3.05, 3.63) is 136 Å². The molecular weight excluding hydrogens is 1430 g/mol. The number of hydrogen-bond acceptors (Lipinski definition) is 5. The normalized spacial score (nSPS) is 11.2. The quantitative estimate of drug-likeness (QED) is 0.100. The van der Waals surface area contributed by atoms with Crippen LogP contribution in [0.1, 0.15) is 41.5 Å². The van der Waals surface area contributed by atoms with E-state index in [-0.39, 0.29) is 62.8 Å². The van der Waals surface area contributed by atoms with Crippen LogP contribution in [0.5, 0.6) is 5.75 Å². The largest absolute Gasteiger partial charge is 0.147 e. The first-order valence-electron chi connectivity index (χ1n) is 15.7. The standard InChI is InChI=1S/C19H21NOS.C10H17NS.C10H7.I3.I2.HI.Y/c1-20(2)13-12-18(19-11-6-14-22-19)21-17-10-5-8-15-7-3-4-9-16(15)17;1-9(6-7-11(2)3)10-5-4-8-12-10;1-2-6-10-8-4-3-7-9(10)5-1;1-3-2;1-2;;/h3-11,14,18H,12-13H2,1-2H3;4-5,8-9H,6-7H2,1-3H3;1-7H;;;1H;/q;;2*-1;;;. The number of halogens is 6. The van der Waals surface area contributed by atoms with Gasteiger partial charge in [0.25, 0.3) is 0 Å². The topological polar surface area (TPSA) is 15.7 Å². The second kappa shape index (κ2) is 33.0. The number of ether oxygens (including phenoxy) is 1. The third kappa shape index (κ3) is 21.9. The van der Waals surface area contributed by atoms with Gasteiger partial charge in [-0.1, -0.05) is 67.6 Å². The van der Waals surface area contributed by atoms with Crippen LogP contribution in [0.25, 0.3) is 21.5 Å². The Kier molecular flexibility index (Phi) is 34.3. The van der Waals surface area contributed by atoms with Crippen LogP contribution in [0.15, 0.2) is 120 Å². The molecule has 4 aromatic carbocycles. The SMILES string of the molecule is CC(CCN(C)C)c1cccs1.CN(C)CCC(Oc1cccc2ccccc12)c1cccs1.I.II.I[I-]I.[Y].[c-]1cccc2ccccc12. The van der Waals surface area contributed by atoms with Gasteiger partial charge in [-0.05, 0) is 81.4 Å². The van der Waals surface area contributed by atoms with Crippen molar-refractivity contribution in [3.8, 4) is 5.75 Å². The van der Waals surface area contributed by atoms with Crippen LogP contribution in [0, 0.1) is 6.07 Å². The molecule has 0 aliphatic carbocycles. The van der Waals surface area contributed by atoms with Crippen LogP contribution in [-0.4, -0.2) is 51.1 Å². The maximum atomic E-state index is 6.41. The summed E-state index contributed by atoms with van der Waals surface area (Å²) in [6.07, 6.45) is 2.35. The first kappa shape index (κ1) is 53.0. The molecule has 0 saturated heterocycles. The van der Waals surface area contributed by atoms with E-state index in [1.165, 1.54) is 44.3 Å². The minimum atomic E-state index is 0. The Morgan fingerprint density at radius 2 is 1.22 bits per heavy atom. The fraction of sp³-hybridized carbons (Fsp3) is 0.282. The van der Waals surface area contributed by atoms with Gasteiger partial charge in [0, 0.05) is 98.0 Å². The number of fused-ring (bicyclic) bond motifs is 2. The van der Waals surface area contributed by atoms with Crippen molar-refractivity contribution in [1.82, 2.24) is 9.80 Å². The molecule has 2 aromatic heterocycles. The Balaban J connectivity index is 0.000000733. The van der Waals surface area contributed by atoms with Gasteiger partial charge in [-0.2, -0.15) is 0 Å². The Morgan fingerprint density at radius 1 is 0.686 bits per heavy atom. The summed E-state index contributed by atoms with van der Waals surface area (Å²) in [7, 11) is 8.45. The summed E-state index contributed by atoms with van der Waals surface area (Å²) < 4.78 is 6.41. The molecule has 6 rings (SSSR count). The fourth-order valence-electron chi connectivity index (χ4n) is 4.79. The molecule has 2 heterocycles. The summed E-state index contributed by atoms with van der Waals surface area (Å²) in [6, 6.07) is 40.7. The second-order valence-corrected chi connectivity index (χ2v) is 29.7. The van der Waals surface area contributed by atoms with Crippen LogP contribution >= 0.6 is 121 Å². The first-order chi connectivity index (χ1) is 23.8. The molecule has 0 spiro atoms. The van der Waals surface area contributed by atoms with E-state index in [1.54, 1.807) is 11.3 Å². The maximum Gasteiger partial charge on any atom is 0 e. The molecule has 51 heavy (non-hydrogen) atoms. The molecule has 0 aliphatic heterocycles.